The minimum atomic E-state index is -0.456. The van der Waals surface area contributed by atoms with Crippen molar-refractivity contribution in [2.24, 2.45) is 5.73 Å². The Balaban J connectivity index is 1.46. The van der Waals surface area contributed by atoms with Crippen LogP contribution in [-0.4, -0.2) is 84.0 Å². The molecule has 1 aromatic heterocycles. The van der Waals surface area contributed by atoms with Crippen LogP contribution in [0.4, 0.5) is 0 Å². The SMILES string of the molecule is CN1CCC(N2CCN(C(=O)[C@H](N)Cc3ccncc3)CC2)CC1. The lowest BCUT2D eigenvalue weighted by Crippen LogP contribution is -2.56. The molecule has 0 spiro atoms. The molecule has 132 valence electrons. The predicted octanol–water partition coefficient (Wildman–Crippen LogP) is 0.190. The third-order valence-corrected chi connectivity index (χ3v) is 5.35. The number of piperazine rings is 1. The third kappa shape index (κ3) is 4.32. The Hall–Kier alpha value is -1.50. The van der Waals surface area contributed by atoms with Gasteiger partial charge in [-0.3, -0.25) is 14.7 Å². The molecule has 2 saturated heterocycles. The molecule has 0 bridgehead atoms. The van der Waals surface area contributed by atoms with Crippen molar-refractivity contribution < 1.29 is 4.79 Å². The maximum atomic E-state index is 12.6. The zero-order chi connectivity index (χ0) is 16.9. The number of nitrogens with two attached hydrogens (primary N) is 1. The van der Waals surface area contributed by atoms with Gasteiger partial charge in [0, 0.05) is 44.6 Å². The molecule has 2 N–H and O–H groups in total. The van der Waals surface area contributed by atoms with Gasteiger partial charge >= 0.3 is 0 Å². The number of piperidine rings is 1. The summed E-state index contributed by atoms with van der Waals surface area (Å²) in [7, 11) is 2.19. The second kappa shape index (κ2) is 8.05. The van der Waals surface area contributed by atoms with Crippen LogP contribution < -0.4 is 5.73 Å². The van der Waals surface area contributed by atoms with Gasteiger partial charge in [0.05, 0.1) is 6.04 Å². The van der Waals surface area contributed by atoms with E-state index in [1.54, 1.807) is 12.4 Å². The van der Waals surface area contributed by atoms with Gasteiger partial charge in [0.2, 0.25) is 5.91 Å². The minimum Gasteiger partial charge on any atom is -0.339 e. The molecule has 0 radical (unpaired) electrons. The fourth-order valence-corrected chi connectivity index (χ4v) is 3.76. The van der Waals surface area contributed by atoms with Crippen molar-refractivity contribution in [3.05, 3.63) is 30.1 Å². The van der Waals surface area contributed by atoms with Crippen LogP contribution in [0.2, 0.25) is 0 Å². The van der Waals surface area contributed by atoms with Crippen LogP contribution in [0, 0.1) is 0 Å². The summed E-state index contributed by atoms with van der Waals surface area (Å²) in [5.41, 5.74) is 7.21. The monoisotopic (exact) mass is 331 g/mol. The van der Waals surface area contributed by atoms with Gasteiger partial charge in [-0.1, -0.05) is 0 Å². The molecule has 1 aromatic rings. The van der Waals surface area contributed by atoms with Crippen molar-refractivity contribution >= 4 is 5.91 Å². The Kier molecular flexibility index (Phi) is 5.81. The lowest BCUT2D eigenvalue weighted by atomic mass is 10.0. The molecule has 6 heteroatoms. The van der Waals surface area contributed by atoms with Crippen molar-refractivity contribution in [3.63, 3.8) is 0 Å². The molecule has 3 rings (SSSR count). The van der Waals surface area contributed by atoms with Gasteiger partial charge in [-0.25, -0.2) is 0 Å². The zero-order valence-electron chi connectivity index (χ0n) is 14.6. The normalized spacial score (nSPS) is 22.5. The molecule has 0 aromatic carbocycles. The number of hydrogen-bond donors (Lipinski definition) is 1. The molecule has 2 fully saturated rings. The summed E-state index contributed by atoms with van der Waals surface area (Å²) in [6, 6.07) is 4.07. The van der Waals surface area contributed by atoms with Crippen molar-refractivity contribution in [2.75, 3.05) is 46.3 Å². The summed E-state index contributed by atoms with van der Waals surface area (Å²) in [4.78, 5) is 23.5. The Bertz CT molecular complexity index is 521. The van der Waals surface area contributed by atoms with Crippen LogP contribution in [0.25, 0.3) is 0 Å². The van der Waals surface area contributed by atoms with Crippen molar-refractivity contribution in [3.8, 4) is 0 Å². The van der Waals surface area contributed by atoms with Crippen LogP contribution in [0.3, 0.4) is 0 Å². The lowest BCUT2D eigenvalue weighted by Gasteiger charge is -2.42. The van der Waals surface area contributed by atoms with Crippen molar-refractivity contribution in [2.45, 2.75) is 31.3 Å². The number of nitrogens with zero attached hydrogens (tertiary/aromatic N) is 4. The number of hydrogen-bond acceptors (Lipinski definition) is 5. The highest BCUT2D eigenvalue weighted by molar-refractivity contribution is 5.82. The highest BCUT2D eigenvalue weighted by atomic mass is 16.2. The predicted molar refractivity (Wildman–Crippen MR) is 94.6 cm³/mol. The van der Waals surface area contributed by atoms with Gasteiger partial charge < -0.3 is 15.5 Å². The van der Waals surface area contributed by atoms with E-state index in [4.69, 9.17) is 5.73 Å². The summed E-state index contributed by atoms with van der Waals surface area (Å²) in [5.74, 6) is 0.0786. The van der Waals surface area contributed by atoms with Gasteiger partial charge in [0.15, 0.2) is 0 Å². The van der Waals surface area contributed by atoms with Gasteiger partial charge in [0.25, 0.3) is 0 Å². The van der Waals surface area contributed by atoms with E-state index in [-0.39, 0.29) is 5.91 Å². The Morgan fingerprint density at radius 2 is 1.79 bits per heavy atom. The van der Waals surface area contributed by atoms with Crippen LogP contribution in [-0.2, 0) is 11.2 Å². The van der Waals surface area contributed by atoms with E-state index in [0.717, 1.165) is 31.7 Å². The fourth-order valence-electron chi connectivity index (χ4n) is 3.76. The van der Waals surface area contributed by atoms with E-state index in [1.165, 1.54) is 25.9 Å². The standard InChI is InChI=1S/C18H29N5O/c1-21-8-4-16(5-9-21)22-10-12-23(13-11-22)18(24)17(19)14-15-2-6-20-7-3-15/h2-3,6-7,16-17H,4-5,8-14,19H2,1H3/t17-/m1/s1. The average Bonchev–Trinajstić information content (AvgIpc) is 2.63. The molecule has 1 atom stereocenters. The number of carbonyl (C=O) groups is 1. The molecule has 2 aliphatic rings. The fraction of sp³-hybridized carbons (Fsp3) is 0.667. The zero-order valence-corrected chi connectivity index (χ0v) is 14.6. The smallest absolute Gasteiger partial charge is 0.239 e. The van der Waals surface area contributed by atoms with E-state index in [1.807, 2.05) is 17.0 Å². The Morgan fingerprint density at radius 3 is 2.42 bits per heavy atom. The minimum absolute atomic E-state index is 0.0786. The Labute approximate surface area is 144 Å². The van der Waals surface area contributed by atoms with E-state index in [2.05, 4.69) is 21.8 Å². The second-order valence-corrected chi connectivity index (χ2v) is 7.06. The van der Waals surface area contributed by atoms with E-state index in [9.17, 15) is 4.79 Å². The average molecular weight is 331 g/mol. The summed E-state index contributed by atoms with van der Waals surface area (Å²) in [6.45, 7) is 5.91. The van der Waals surface area contributed by atoms with E-state index >= 15 is 0 Å². The maximum absolute atomic E-state index is 12.6. The van der Waals surface area contributed by atoms with Gasteiger partial charge in [-0.15, -0.1) is 0 Å². The molecule has 24 heavy (non-hydrogen) atoms. The van der Waals surface area contributed by atoms with Gasteiger partial charge in [-0.2, -0.15) is 0 Å². The number of likely N-dealkylation sites (tertiary alicyclic amines) is 1. The molecule has 6 nitrogen and oxygen atoms in total. The van der Waals surface area contributed by atoms with E-state index < -0.39 is 6.04 Å². The van der Waals surface area contributed by atoms with Crippen LogP contribution in [0.5, 0.6) is 0 Å². The molecule has 0 saturated carbocycles. The largest absolute Gasteiger partial charge is 0.339 e. The summed E-state index contributed by atoms with van der Waals surface area (Å²) >= 11 is 0. The summed E-state index contributed by atoms with van der Waals surface area (Å²) < 4.78 is 0. The van der Waals surface area contributed by atoms with Gasteiger partial charge in [-0.05, 0) is 57.1 Å². The topological polar surface area (TPSA) is 65.7 Å². The Morgan fingerprint density at radius 1 is 1.17 bits per heavy atom. The lowest BCUT2D eigenvalue weighted by molar-refractivity contribution is -0.134. The number of amides is 1. The summed E-state index contributed by atoms with van der Waals surface area (Å²) in [5, 5.41) is 0. The summed E-state index contributed by atoms with van der Waals surface area (Å²) in [6.07, 6.45) is 6.55. The third-order valence-electron chi connectivity index (χ3n) is 5.35. The maximum Gasteiger partial charge on any atom is 0.239 e. The number of rotatable bonds is 4. The molecule has 2 aliphatic heterocycles. The first-order chi connectivity index (χ1) is 11.6. The quantitative estimate of drug-likeness (QED) is 0.853. The molecule has 0 unspecified atom stereocenters. The highest BCUT2D eigenvalue weighted by Crippen LogP contribution is 2.17. The van der Waals surface area contributed by atoms with Crippen LogP contribution in [0.15, 0.2) is 24.5 Å². The molecule has 3 heterocycles. The van der Waals surface area contributed by atoms with Crippen molar-refractivity contribution in [1.82, 2.24) is 19.7 Å². The first kappa shape index (κ1) is 17.3. The van der Waals surface area contributed by atoms with Gasteiger partial charge in [0.1, 0.15) is 0 Å². The first-order valence-corrected chi connectivity index (χ1v) is 8.99. The van der Waals surface area contributed by atoms with Crippen molar-refractivity contribution in [1.29, 1.82) is 0 Å². The number of carbonyl (C=O) groups excluding carboxylic acids is 1. The van der Waals surface area contributed by atoms with Crippen LogP contribution in [0.1, 0.15) is 18.4 Å². The first-order valence-electron chi connectivity index (χ1n) is 8.99. The number of pyridine rings is 1. The molecular weight excluding hydrogens is 302 g/mol. The van der Waals surface area contributed by atoms with E-state index in [0.29, 0.717) is 12.5 Å². The molecule has 0 aliphatic carbocycles. The van der Waals surface area contributed by atoms with Crippen LogP contribution >= 0.6 is 0 Å². The second-order valence-electron chi connectivity index (χ2n) is 7.06. The highest BCUT2D eigenvalue weighted by Gasteiger charge is 2.29. The molecular formula is C18H29N5O. The molecule has 1 amide bonds. The number of aromatic nitrogens is 1.